The Bertz CT molecular complexity index is 869. The zero-order valence-electron chi connectivity index (χ0n) is 14.8. The summed E-state index contributed by atoms with van der Waals surface area (Å²) < 4.78 is 31.0. The Morgan fingerprint density at radius 2 is 1.88 bits per heavy atom. The molecule has 0 unspecified atom stereocenters. The first-order valence-electron chi connectivity index (χ1n) is 8.01. The van der Waals surface area contributed by atoms with Gasteiger partial charge in [-0.3, -0.25) is 9.10 Å². The molecule has 2 aromatic rings. The van der Waals surface area contributed by atoms with Gasteiger partial charge in [0.15, 0.2) is 0 Å². The molecule has 8 heteroatoms. The lowest BCUT2D eigenvalue weighted by Gasteiger charge is -2.28. The minimum Gasteiger partial charge on any atom is -0.494 e. The average molecular weight is 397 g/mol. The van der Waals surface area contributed by atoms with E-state index in [2.05, 4.69) is 5.32 Å². The van der Waals surface area contributed by atoms with Crippen molar-refractivity contribution in [1.29, 1.82) is 0 Å². The number of nitrogens with one attached hydrogen (secondary N) is 1. The standard InChI is InChI=1S/C18H21ClN2O4S/c1-4-25-17-7-5-6-15(12-17)20-18(22)13(2)21(26(3,23)24)16-10-8-14(19)9-11-16/h5-13H,4H2,1-3H3,(H,20,22)/t13-/m0/s1. The molecule has 0 aliphatic heterocycles. The molecule has 2 rings (SSSR count). The predicted molar refractivity (Wildman–Crippen MR) is 104 cm³/mol. The van der Waals surface area contributed by atoms with Crippen LogP contribution >= 0.6 is 11.6 Å². The van der Waals surface area contributed by atoms with Gasteiger partial charge in [-0.1, -0.05) is 17.7 Å². The highest BCUT2D eigenvalue weighted by molar-refractivity contribution is 7.92. The normalized spacial score (nSPS) is 12.3. The topological polar surface area (TPSA) is 75.7 Å². The Hall–Kier alpha value is -2.25. The van der Waals surface area contributed by atoms with Crippen LogP contribution in [0.3, 0.4) is 0 Å². The number of amides is 1. The molecule has 0 spiro atoms. The summed E-state index contributed by atoms with van der Waals surface area (Å²) >= 11 is 5.86. The first kappa shape index (κ1) is 20.1. The molecule has 0 fully saturated rings. The quantitative estimate of drug-likeness (QED) is 0.776. The van der Waals surface area contributed by atoms with Gasteiger partial charge in [0.1, 0.15) is 11.8 Å². The van der Waals surface area contributed by atoms with E-state index in [1.165, 1.54) is 6.92 Å². The van der Waals surface area contributed by atoms with E-state index in [0.717, 1.165) is 10.6 Å². The van der Waals surface area contributed by atoms with Gasteiger partial charge in [0.2, 0.25) is 15.9 Å². The van der Waals surface area contributed by atoms with Gasteiger partial charge in [0, 0.05) is 16.8 Å². The first-order valence-corrected chi connectivity index (χ1v) is 10.2. The number of nitrogens with zero attached hydrogens (tertiary/aromatic N) is 1. The van der Waals surface area contributed by atoms with Crippen LogP contribution in [0.1, 0.15) is 13.8 Å². The highest BCUT2D eigenvalue weighted by Crippen LogP contribution is 2.24. The largest absolute Gasteiger partial charge is 0.494 e. The van der Waals surface area contributed by atoms with Gasteiger partial charge < -0.3 is 10.1 Å². The predicted octanol–water partition coefficient (Wildman–Crippen LogP) is 3.53. The summed E-state index contributed by atoms with van der Waals surface area (Å²) in [7, 11) is -3.68. The molecule has 1 atom stereocenters. The minimum atomic E-state index is -3.68. The zero-order valence-corrected chi connectivity index (χ0v) is 16.3. The lowest BCUT2D eigenvalue weighted by atomic mass is 10.2. The van der Waals surface area contributed by atoms with Gasteiger partial charge >= 0.3 is 0 Å². The Kier molecular flexibility index (Phi) is 6.50. The molecule has 26 heavy (non-hydrogen) atoms. The van der Waals surface area contributed by atoms with Crippen molar-refractivity contribution < 1.29 is 17.9 Å². The van der Waals surface area contributed by atoms with Gasteiger partial charge in [0.05, 0.1) is 18.6 Å². The summed E-state index contributed by atoms with van der Waals surface area (Å²) in [6, 6.07) is 12.2. The molecule has 0 bridgehead atoms. The average Bonchev–Trinajstić information content (AvgIpc) is 2.56. The lowest BCUT2D eigenvalue weighted by molar-refractivity contribution is -0.116. The van der Waals surface area contributed by atoms with Crippen LogP contribution in [0.25, 0.3) is 0 Å². The molecule has 0 aliphatic rings. The molecule has 0 saturated carbocycles. The second kappa shape index (κ2) is 8.42. The van der Waals surface area contributed by atoms with Crippen molar-refractivity contribution in [2.24, 2.45) is 0 Å². The Balaban J connectivity index is 2.25. The fourth-order valence-corrected chi connectivity index (χ4v) is 3.77. The molecule has 0 aliphatic carbocycles. The van der Waals surface area contributed by atoms with Crippen molar-refractivity contribution in [1.82, 2.24) is 0 Å². The maximum atomic E-state index is 12.6. The van der Waals surface area contributed by atoms with E-state index in [1.54, 1.807) is 48.5 Å². The second-order valence-electron chi connectivity index (χ2n) is 5.66. The summed E-state index contributed by atoms with van der Waals surface area (Å²) in [5.74, 6) is 0.162. The van der Waals surface area contributed by atoms with Crippen LogP contribution in [0.4, 0.5) is 11.4 Å². The Morgan fingerprint density at radius 1 is 1.23 bits per heavy atom. The van der Waals surface area contributed by atoms with Gasteiger partial charge in [-0.25, -0.2) is 8.42 Å². The molecule has 0 heterocycles. The fraction of sp³-hybridized carbons (Fsp3) is 0.278. The van der Waals surface area contributed by atoms with Gasteiger partial charge in [-0.2, -0.15) is 0 Å². The zero-order chi connectivity index (χ0) is 19.3. The number of anilines is 2. The van der Waals surface area contributed by atoms with Crippen LogP contribution in [-0.2, 0) is 14.8 Å². The number of benzene rings is 2. The maximum absolute atomic E-state index is 12.6. The van der Waals surface area contributed by atoms with E-state index in [4.69, 9.17) is 16.3 Å². The van der Waals surface area contributed by atoms with Crippen molar-refractivity contribution in [3.05, 3.63) is 53.6 Å². The van der Waals surface area contributed by atoms with E-state index in [-0.39, 0.29) is 0 Å². The highest BCUT2D eigenvalue weighted by Gasteiger charge is 2.29. The number of hydrogen-bond acceptors (Lipinski definition) is 4. The molecule has 1 amide bonds. The molecule has 6 nitrogen and oxygen atoms in total. The summed E-state index contributed by atoms with van der Waals surface area (Å²) in [6.45, 7) is 3.90. The third kappa shape index (κ3) is 5.12. The monoisotopic (exact) mass is 396 g/mol. The number of sulfonamides is 1. The highest BCUT2D eigenvalue weighted by atomic mass is 35.5. The number of halogens is 1. The van der Waals surface area contributed by atoms with Crippen LogP contribution < -0.4 is 14.4 Å². The SMILES string of the molecule is CCOc1cccc(NC(=O)[C@H](C)N(c2ccc(Cl)cc2)S(C)(=O)=O)c1. The van der Waals surface area contributed by atoms with E-state index in [0.29, 0.717) is 28.8 Å². The van der Waals surface area contributed by atoms with Crippen molar-refractivity contribution >= 4 is 38.9 Å². The molecule has 0 aromatic heterocycles. The number of carbonyl (C=O) groups is 1. The fourth-order valence-electron chi connectivity index (χ4n) is 2.47. The van der Waals surface area contributed by atoms with Crippen LogP contribution in [-0.4, -0.2) is 33.2 Å². The molecule has 0 radical (unpaired) electrons. The van der Waals surface area contributed by atoms with Crippen molar-refractivity contribution in [3.8, 4) is 5.75 Å². The third-order valence-corrected chi connectivity index (χ3v) is 5.08. The molecule has 140 valence electrons. The number of hydrogen-bond donors (Lipinski definition) is 1. The van der Waals surface area contributed by atoms with Crippen molar-refractivity contribution in [3.63, 3.8) is 0 Å². The summed E-state index contributed by atoms with van der Waals surface area (Å²) in [5.41, 5.74) is 0.889. The molecule has 2 aromatic carbocycles. The summed E-state index contributed by atoms with van der Waals surface area (Å²) in [6.07, 6.45) is 1.06. The molecule has 0 saturated heterocycles. The third-order valence-electron chi connectivity index (χ3n) is 3.58. The Morgan fingerprint density at radius 3 is 2.46 bits per heavy atom. The van der Waals surface area contributed by atoms with Gasteiger partial charge in [-0.15, -0.1) is 0 Å². The lowest BCUT2D eigenvalue weighted by Crippen LogP contribution is -2.45. The van der Waals surface area contributed by atoms with Crippen molar-refractivity contribution in [2.45, 2.75) is 19.9 Å². The maximum Gasteiger partial charge on any atom is 0.247 e. The van der Waals surface area contributed by atoms with Crippen LogP contribution in [0, 0.1) is 0 Å². The van der Waals surface area contributed by atoms with Crippen LogP contribution in [0.5, 0.6) is 5.75 Å². The molecule has 1 N–H and O–H groups in total. The summed E-state index contributed by atoms with van der Waals surface area (Å²) in [5, 5.41) is 3.20. The van der Waals surface area contributed by atoms with Gasteiger partial charge in [0.25, 0.3) is 0 Å². The second-order valence-corrected chi connectivity index (χ2v) is 7.96. The summed E-state index contributed by atoms with van der Waals surface area (Å²) in [4.78, 5) is 12.6. The van der Waals surface area contributed by atoms with Crippen LogP contribution in [0.2, 0.25) is 5.02 Å². The smallest absolute Gasteiger partial charge is 0.247 e. The van der Waals surface area contributed by atoms with Gasteiger partial charge in [-0.05, 0) is 50.2 Å². The molecular weight excluding hydrogens is 376 g/mol. The van der Waals surface area contributed by atoms with E-state index in [1.807, 2.05) is 6.92 Å². The van der Waals surface area contributed by atoms with E-state index < -0.39 is 22.0 Å². The minimum absolute atomic E-state index is 0.364. The van der Waals surface area contributed by atoms with Crippen LogP contribution in [0.15, 0.2) is 48.5 Å². The van der Waals surface area contributed by atoms with E-state index in [9.17, 15) is 13.2 Å². The number of carbonyl (C=O) groups excluding carboxylic acids is 1. The molecular formula is C18H21ClN2O4S. The number of ether oxygens (including phenoxy) is 1. The van der Waals surface area contributed by atoms with E-state index >= 15 is 0 Å². The Labute approximate surface area is 158 Å². The number of rotatable bonds is 7. The first-order chi connectivity index (χ1) is 12.2. The van der Waals surface area contributed by atoms with Crippen molar-refractivity contribution in [2.75, 3.05) is 22.5 Å².